The third-order valence-electron chi connectivity index (χ3n) is 6.15. The Morgan fingerprint density at radius 3 is 2.68 bits per heavy atom. The molecule has 1 atom stereocenters. The second kappa shape index (κ2) is 7.45. The van der Waals surface area contributed by atoms with Crippen molar-refractivity contribution in [1.82, 2.24) is 9.97 Å². The molecule has 0 radical (unpaired) electrons. The Hall–Kier alpha value is -4.65. The van der Waals surface area contributed by atoms with E-state index in [0.29, 0.717) is 16.8 Å². The number of aliphatic hydroxyl groups excluding tert-OH is 1. The number of nitrogens with zero attached hydrogens (tertiary/aromatic N) is 2. The lowest BCUT2D eigenvalue weighted by Crippen LogP contribution is -2.30. The lowest BCUT2D eigenvalue weighted by molar-refractivity contribution is -0.132. The zero-order valence-corrected chi connectivity index (χ0v) is 18.1. The van der Waals surface area contributed by atoms with E-state index in [0.717, 1.165) is 21.9 Å². The standard InChI is InChI=1S/C27H19N3O4/c1-15-11-12-19-20(14-15)29-27(28-19)30-23(21-10-5-13-34-21)22(25(32)26(30)33)24(31)18-9-4-7-16-6-2-3-8-17(16)18/h2-14,23,31H,1H3,(H,28,29)/b24-22+. The zero-order valence-electron chi connectivity index (χ0n) is 18.1. The minimum absolute atomic E-state index is 0.0482. The Balaban J connectivity index is 1.59. The highest BCUT2D eigenvalue weighted by Gasteiger charge is 2.49. The highest BCUT2D eigenvalue weighted by atomic mass is 16.3. The lowest BCUT2D eigenvalue weighted by Gasteiger charge is -2.20. The average Bonchev–Trinajstić information content (AvgIpc) is 3.57. The molecular formula is C27H19N3O4. The third-order valence-corrected chi connectivity index (χ3v) is 6.15. The quantitative estimate of drug-likeness (QED) is 0.223. The van der Waals surface area contributed by atoms with Gasteiger partial charge >= 0.3 is 5.91 Å². The second-order valence-electron chi connectivity index (χ2n) is 8.29. The van der Waals surface area contributed by atoms with E-state index in [1.165, 1.54) is 11.2 Å². The first-order chi connectivity index (χ1) is 16.5. The largest absolute Gasteiger partial charge is 0.507 e. The van der Waals surface area contributed by atoms with Crippen LogP contribution in [0.15, 0.2) is 89.0 Å². The van der Waals surface area contributed by atoms with Crippen LogP contribution in [0.2, 0.25) is 0 Å². The van der Waals surface area contributed by atoms with Crippen LogP contribution in [-0.2, 0) is 9.59 Å². The molecule has 0 bridgehead atoms. The van der Waals surface area contributed by atoms with Gasteiger partial charge < -0.3 is 14.5 Å². The van der Waals surface area contributed by atoms with Gasteiger partial charge in [0.1, 0.15) is 17.6 Å². The van der Waals surface area contributed by atoms with Crippen molar-refractivity contribution in [3.05, 3.63) is 102 Å². The van der Waals surface area contributed by atoms with Crippen LogP contribution < -0.4 is 4.90 Å². The van der Waals surface area contributed by atoms with E-state index in [4.69, 9.17) is 4.42 Å². The summed E-state index contributed by atoms with van der Waals surface area (Å²) in [6, 6.07) is 21.1. The number of fused-ring (bicyclic) bond motifs is 2. The number of amides is 1. The summed E-state index contributed by atoms with van der Waals surface area (Å²) in [5.41, 5.74) is 2.85. The van der Waals surface area contributed by atoms with Crippen molar-refractivity contribution in [3.8, 4) is 0 Å². The van der Waals surface area contributed by atoms with Gasteiger partial charge in [-0.25, -0.2) is 4.98 Å². The van der Waals surface area contributed by atoms with E-state index in [2.05, 4.69) is 9.97 Å². The summed E-state index contributed by atoms with van der Waals surface area (Å²) in [6.45, 7) is 1.96. The number of carbonyl (C=O) groups is 2. The number of aromatic nitrogens is 2. The summed E-state index contributed by atoms with van der Waals surface area (Å²) in [7, 11) is 0. The zero-order chi connectivity index (χ0) is 23.4. The van der Waals surface area contributed by atoms with Gasteiger partial charge in [0, 0.05) is 5.56 Å². The fraction of sp³-hybridized carbons (Fsp3) is 0.0741. The highest BCUT2D eigenvalue weighted by Crippen LogP contribution is 2.42. The number of aliphatic hydroxyl groups is 1. The molecule has 1 amide bonds. The Morgan fingerprint density at radius 2 is 1.85 bits per heavy atom. The summed E-state index contributed by atoms with van der Waals surface area (Å²) in [4.78, 5) is 35.6. The molecule has 3 aromatic carbocycles. The first-order valence-electron chi connectivity index (χ1n) is 10.8. The SMILES string of the molecule is Cc1ccc2nc(N3C(=O)C(=O)/C(=C(/O)c4cccc5ccccc45)C3c3ccco3)[nH]c2c1. The van der Waals surface area contributed by atoms with Gasteiger partial charge in [-0.05, 0) is 47.5 Å². The molecule has 1 aliphatic heterocycles. The van der Waals surface area contributed by atoms with Crippen LogP contribution in [-0.4, -0.2) is 26.8 Å². The van der Waals surface area contributed by atoms with Gasteiger partial charge in [-0.3, -0.25) is 14.5 Å². The van der Waals surface area contributed by atoms with Crippen LogP contribution >= 0.6 is 0 Å². The Morgan fingerprint density at radius 1 is 1.03 bits per heavy atom. The number of benzene rings is 3. The molecule has 7 nitrogen and oxygen atoms in total. The number of furan rings is 1. The number of rotatable bonds is 3. The number of ketones is 1. The van der Waals surface area contributed by atoms with Crippen molar-refractivity contribution in [1.29, 1.82) is 0 Å². The summed E-state index contributed by atoms with van der Waals surface area (Å²) >= 11 is 0. The van der Waals surface area contributed by atoms with E-state index in [1.807, 2.05) is 55.5 Å². The first kappa shape index (κ1) is 20.0. The third kappa shape index (κ3) is 2.94. The van der Waals surface area contributed by atoms with Crippen molar-refractivity contribution in [2.24, 2.45) is 0 Å². The van der Waals surface area contributed by atoms with Crippen molar-refractivity contribution >= 4 is 45.2 Å². The van der Waals surface area contributed by atoms with Gasteiger partial charge in [-0.15, -0.1) is 0 Å². The number of hydrogen-bond acceptors (Lipinski definition) is 5. The van der Waals surface area contributed by atoms with Gasteiger partial charge in [0.2, 0.25) is 5.95 Å². The van der Waals surface area contributed by atoms with Crippen LogP contribution in [0.1, 0.15) is 22.9 Å². The number of imidazole rings is 1. The van der Waals surface area contributed by atoms with Crippen LogP contribution in [0, 0.1) is 6.92 Å². The summed E-state index contributed by atoms with van der Waals surface area (Å²) in [5, 5.41) is 13.1. The van der Waals surface area contributed by atoms with E-state index < -0.39 is 17.7 Å². The lowest BCUT2D eigenvalue weighted by atomic mass is 9.96. The van der Waals surface area contributed by atoms with Crippen molar-refractivity contribution in [2.45, 2.75) is 13.0 Å². The van der Waals surface area contributed by atoms with Crippen LogP contribution in [0.5, 0.6) is 0 Å². The van der Waals surface area contributed by atoms with E-state index in [1.54, 1.807) is 24.3 Å². The molecular weight excluding hydrogens is 430 g/mol. The highest BCUT2D eigenvalue weighted by molar-refractivity contribution is 6.51. The van der Waals surface area contributed by atoms with E-state index in [9.17, 15) is 14.7 Å². The van der Waals surface area contributed by atoms with E-state index >= 15 is 0 Å². The number of nitrogens with one attached hydrogen (secondary N) is 1. The van der Waals surface area contributed by atoms with Gasteiger partial charge in [0.05, 0.1) is 22.9 Å². The molecule has 0 aliphatic carbocycles. The Kier molecular flexibility index (Phi) is 4.38. The van der Waals surface area contributed by atoms with E-state index in [-0.39, 0.29) is 17.3 Å². The average molecular weight is 449 g/mol. The summed E-state index contributed by atoms with van der Waals surface area (Å²) < 4.78 is 5.63. The molecule has 2 aromatic heterocycles. The van der Waals surface area contributed by atoms with Crippen molar-refractivity contribution in [2.75, 3.05) is 4.90 Å². The first-order valence-corrected chi connectivity index (χ1v) is 10.8. The molecule has 1 saturated heterocycles. The maximum atomic E-state index is 13.3. The van der Waals surface area contributed by atoms with Crippen LogP contribution in [0.3, 0.4) is 0 Å². The molecule has 2 N–H and O–H groups in total. The normalized spacial score (nSPS) is 17.8. The van der Waals surface area contributed by atoms with Crippen LogP contribution in [0.4, 0.5) is 5.95 Å². The van der Waals surface area contributed by atoms with Crippen molar-refractivity contribution < 1.29 is 19.1 Å². The van der Waals surface area contributed by atoms with Crippen molar-refractivity contribution in [3.63, 3.8) is 0 Å². The number of aryl methyl sites for hydroxylation is 1. The Labute approximate surface area is 194 Å². The molecule has 0 spiro atoms. The number of Topliss-reactive ketones (excluding diaryl/α,β-unsaturated/α-hetero) is 1. The minimum Gasteiger partial charge on any atom is -0.507 e. The number of aromatic amines is 1. The predicted octanol–water partition coefficient (Wildman–Crippen LogP) is 5.24. The number of hydrogen-bond donors (Lipinski definition) is 2. The molecule has 0 saturated carbocycles. The molecule has 1 aliphatic rings. The van der Waals surface area contributed by atoms with Gasteiger partial charge in [0.15, 0.2) is 0 Å². The monoisotopic (exact) mass is 449 g/mol. The fourth-order valence-corrected chi connectivity index (χ4v) is 4.57. The topological polar surface area (TPSA) is 99.4 Å². The fourth-order valence-electron chi connectivity index (χ4n) is 4.57. The summed E-state index contributed by atoms with van der Waals surface area (Å²) in [6.07, 6.45) is 1.47. The Bertz CT molecular complexity index is 1620. The molecule has 34 heavy (non-hydrogen) atoms. The second-order valence-corrected chi connectivity index (χ2v) is 8.29. The molecule has 1 unspecified atom stereocenters. The summed E-state index contributed by atoms with van der Waals surface area (Å²) in [5.74, 6) is -1.30. The van der Waals surface area contributed by atoms with Gasteiger partial charge in [-0.2, -0.15) is 0 Å². The number of anilines is 1. The predicted molar refractivity (Wildman–Crippen MR) is 128 cm³/mol. The smallest absolute Gasteiger partial charge is 0.302 e. The minimum atomic E-state index is -0.976. The maximum absolute atomic E-state index is 13.3. The van der Waals surface area contributed by atoms with Gasteiger partial charge in [-0.1, -0.05) is 48.5 Å². The molecule has 166 valence electrons. The molecule has 1 fully saturated rings. The maximum Gasteiger partial charge on any atom is 0.302 e. The molecule has 3 heterocycles. The number of H-pyrrole nitrogens is 1. The van der Waals surface area contributed by atoms with Gasteiger partial charge in [0.25, 0.3) is 5.78 Å². The van der Waals surface area contributed by atoms with Crippen LogP contribution in [0.25, 0.3) is 27.6 Å². The molecule has 5 aromatic rings. The number of carbonyl (C=O) groups excluding carboxylic acids is 2. The molecule has 6 rings (SSSR count). The molecule has 7 heteroatoms.